The number of para-hydroxylation sites is 1. The van der Waals surface area contributed by atoms with Gasteiger partial charge in [-0.05, 0) is 25.5 Å². The first-order chi connectivity index (χ1) is 11.3. The Morgan fingerprint density at radius 3 is 2.96 bits per heavy atom. The van der Waals surface area contributed by atoms with Crippen molar-refractivity contribution in [2.24, 2.45) is 0 Å². The number of aliphatic hydroxyl groups is 1. The van der Waals surface area contributed by atoms with Crippen LogP contribution in [0.4, 0.5) is 0 Å². The molecule has 0 bridgehead atoms. The molecule has 0 spiro atoms. The number of aliphatic hydroxyl groups excluding tert-OH is 1. The Labute approximate surface area is 137 Å². The number of nitrogens with zero attached hydrogens (tertiary/aromatic N) is 1. The molecule has 5 nitrogen and oxygen atoms in total. The van der Waals surface area contributed by atoms with Crippen LogP contribution in [0.2, 0.25) is 0 Å². The number of ether oxygens (including phenoxy) is 1. The highest BCUT2D eigenvalue weighted by Crippen LogP contribution is 2.29. The van der Waals surface area contributed by atoms with E-state index in [1.54, 1.807) is 0 Å². The molecule has 1 aromatic carbocycles. The Kier molecular flexibility index (Phi) is 5.54. The molecule has 0 aliphatic carbocycles. The molecule has 1 aliphatic heterocycles. The van der Waals surface area contributed by atoms with Gasteiger partial charge in [-0.1, -0.05) is 12.1 Å². The van der Waals surface area contributed by atoms with Crippen molar-refractivity contribution in [3.63, 3.8) is 0 Å². The molecule has 2 N–H and O–H groups in total. The quantitative estimate of drug-likeness (QED) is 0.818. The molecular formula is C18H26N2O3. The van der Waals surface area contributed by atoms with E-state index in [1.807, 2.05) is 31.2 Å². The van der Waals surface area contributed by atoms with E-state index in [9.17, 15) is 5.11 Å². The first-order valence-electron chi connectivity index (χ1n) is 8.51. The predicted octanol–water partition coefficient (Wildman–Crippen LogP) is 2.03. The standard InChI is InChI=1S/C18H26N2O3/c1-2-22-17-5-3-4-14-12-16(23-18(14)17)13-15(21)6-9-20-10-7-19-8-11-20/h3-5,12,15,19,21H,2,6-11,13H2,1H3. The zero-order valence-electron chi connectivity index (χ0n) is 13.8. The van der Waals surface area contributed by atoms with Crippen molar-refractivity contribution in [2.75, 3.05) is 39.3 Å². The number of benzene rings is 1. The normalized spacial score (nSPS) is 17.5. The number of nitrogens with one attached hydrogen (secondary N) is 1. The van der Waals surface area contributed by atoms with Crippen molar-refractivity contribution in [2.45, 2.75) is 25.9 Å². The fraction of sp³-hybridized carbons (Fsp3) is 0.556. The topological polar surface area (TPSA) is 57.9 Å². The van der Waals surface area contributed by atoms with Crippen LogP contribution in [-0.4, -0.2) is 55.4 Å². The van der Waals surface area contributed by atoms with Gasteiger partial charge in [-0.3, -0.25) is 0 Å². The van der Waals surface area contributed by atoms with Crippen LogP contribution < -0.4 is 10.1 Å². The highest BCUT2D eigenvalue weighted by Gasteiger charge is 2.15. The average molecular weight is 318 g/mol. The summed E-state index contributed by atoms with van der Waals surface area (Å²) >= 11 is 0. The molecule has 2 aromatic rings. The maximum Gasteiger partial charge on any atom is 0.176 e. The van der Waals surface area contributed by atoms with Crippen molar-refractivity contribution in [1.29, 1.82) is 0 Å². The lowest BCUT2D eigenvalue weighted by atomic mass is 10.1. The van der Waals surface area contributed by atoms with E-state index in [4.69, 9.17) is 9.15 Å². The molecule has 3 rings (SSSR count). The minimum Gasteiger partial charge on any atom is -0.490 e. The third-order valence-electron chi connectivity index (χ3n) is 4.28. The second-order valence-electron chi connectivity index (χ2n) is 6.06. The minimum absolute atomic E-state index is 0.374. The molecule has 0 saturated carbocycles. The van der Waals surface area contributed by atoms with E-state index >= 15 is 0 Å². The van der Waals surface area contributed by atoms with E-state index in [1.165, 1.54) is 0 Å². The van der Waals surface area contributed by atoms with Gasteiger partial charge in [0.05, 0.1) is 12.7 Å². The highest BCUT2D eigenvalue weighted by molar-refractivity contribution is 5.83. The maximum absolute atomic E-state index is 10.3. The van der Waals surface area contributed by atoms with Gasteiger partial charge in [0.25, 0.3) is 0 Å². The molecule has 1 aromatic heterocycles. The summed E-state index contributed by atoms with van der Waals surface area (Å²) in [5, 5.41) is 14.7. The molecule has 1 aliphatic rings. The second-order valence-corrected chi connectivity index (χ2v) is 6.06. The summed E-state index contributed by atoms with van der Waals surface area (Å²) in [6, 6.07) is 7.90. The fourth-order valence-corrected chi connectivity index (χ4v) is 3.06. The summed E-state index contributed by atoms with van der Waals surface area (Å²) in [5.41, 5.74) is 0.777. The third-order valence-corrected chi connectivity index (χ3v) is 4.28. The minimum atomic E-state index is -0.374. The van der Waals surface area contributed by atoms with E-state index in [-0.39, 0.29) is 6.10 Å². The van der Waals surface area contributed by atoms with Gasteiger partial charge in [0.15, 0.2) is 11.3 Å². The van der Waals surface area contributed by atoms with Crippen LogP contribution in [0.3, 0.4) is 0 Å². The van der Waals surface area contributed by atoms with Crippen molar-refractivity contribution < 1.29 is 14.3 Å². The SMILES string of the molecule is CCOc1cccc2cc(CC(O)CCN3CCNCC3)oc12. The number of rotatable bonds is 7. The molecular weight excluding hydrogens is 292 g/mol. The lowest BCUT2D eigenvalue weighted by Gasteiger charge is -2.27. The van der Waals surface area contributed by atoms with Crippen molar-refractivity contribution in [1.82, 2.24) is 10.2 Å². The molecule has 1 saturated heterocycles. The molecule has 2 heterocycles. The molecule has 1 fully saturated rings. The Hall–Kier alpha value is -1.56. The van der Waals surface area contributed by atoms with Gasteiger partial charge in [0, 0.05) is 44.5 Å². The third kappa shape index (κ3) is 4.25. The van der Waals surface area contributed by atoms with Crippen LogP contribution in [-0.2, 0) is 6.42 Å². The van der Waals surface area contributed by atoms with Gasteiger partial charge in [-0.2, -0.15) is 0 Å². The lowest BCUT2D eigenvalue weighted by Crippen LogP contribution is -2.44. The van der Waals surface area contributed by atoms with E-state index < -0.39 is 0 Å². The van der Waals surface area contributed by atoms with Gasteiger partial charge < -0.3 is 24.5 Å². The Bertz CT molecular complexity index is 620. The number of furan rings is 1. The van der Waals surface area contributed by atoms with Gasteiger partial charge >= 0.3 is 0 Å². The van der Waals surface area contributed by atoms with E-state index in [0.717, 1.165) is 61.6 Å². The van der Waals surface area contributed by atoms with Crippen LogP contribution in [0.25, 0.3) is 11.0 Å². The van der Waals surface area contributed by atoms with Crippen LogP contribution in [0.5, 0.6) is 5.75 Å². The largest absolute Gasteiger partial charge is 0.490 e. The van der Waals surface area contributed by atoms with Crippen LogP contribution >= 0.6 is 0 Å². The summed E-state index contributed by atoms with van der Waals surface area (Å²) in [6.07, 6.45) is 0.947. The Morgan fingerprint density at radius 1 is 1.35 bits per heavy atom. The van der Waals surface area contributed by atoms with Gasteiger partial charge in [0.1, 0.15) is 5.76 Å². The number of fused-ring (bicyclic) bond motifs is 1. The molecule has 0 amide bonds. The monoisotopic (exact) mass is 318 g/mol. The molecule has 1 unspecified atom stereocenters. The first-order valence-corrected chi connectivity index (χ1v) is 8.51. The summed E-state index contributed by atoms with van der Waals surface area (Å²) in [7, 11) is 0. The van der Waals surface area contributed by atoms with Gasteiger partial charge in [-0.15, -0.1) is 0 Å². The van der Waals surface area contributed by atoms with Gasteiger partial charge in [-0.25, -0.2) is 0 Å². The van der Waals surface area contributed by atoms with Crippen LogP contribution in [0.1, 0.15) is 19.1 Å². The van der Waals surface area contributed by atoms with Crippen molar-refractivity contribution in [3.05, 3.63) is 30.0 Å². The summed E-state index contributed by atoms with van der Waals surface area (Å²) in [6.45, 7) is 7.72. The number of hydrogen-bond donors (Lipinski definition) is 2. The fourth-order valence-electron chi connectivity index (χ4n) is 3.06. The molecule has 126 valence electrons. The first kappa shape index (κ1) is 16.3. The predicted molar refractivity (Wildman–Crippen MR) is 91.0 cm³/mol. The van der Waals surface area contributed by atoms with Gasteiger partial charge in [0.2, 0.25) is 0 Å². The average Bonchev–Trinajstić information content (AvgIpc) is 2.97. The Morgan fingerprint density at radius 2 is 2.17 bits per heavy atom. The molecule has 0 radical (unpaired) electrons. The molecule has 23 heavy (non-hydrogen) atoms. The van der Waals surface area contributed by atoms with E-state index in [0.29, 0.717) is 13.0 Å². The Balaban J connectivity index is 1.58. The zero-order valence-corrected chi connectivity index (χ0v) is 13.8. The summed E-state index contributed by atoms with van der Waals surface area (Å²) in [5.74, 6) is 1.59. The number of piperazine rings is 1. The summed E-state index contributed by atoms with van der Waals surface area (Å²) < 4.78 is 11.5. The second kappa shape index (κ2) is 7.81. The zero-order chi connectivity index (χ0) is 16.1. The van der Waals surface area contributed by atoms with Crippen LogP contribution in [0.15, 0.2) is 28.7 Å². The smallest absolute Gasteiger partial charge is 0.176 e. The highest BCUT2D eigenvalue weighted by atomic mass is 16.5. The lowest BCUT2D eigenvalue weighted by molar-refractivity contribution is 0.131. The molecule has 5 heteroatoms. The maximum atomic E-state index is 10.3. The summed E-state index contributed by atoms with van der Waals surface area (Å²) in [4.78, 5) is 2.39. The van der Waals surface area contributed by atoms with Crippen molar-refractivity contribution >= 4 is 11.0 Å². The molecule has 1 atom stereocenters. The van der Waals surface area contributed by atoms with E-state index in [2.05, 4.69) is 10.2 Å². The number of hydrogen-bond acceptors (Lipinski definition) is 5. The van der Waals surface area contributed by atoms with Crippen LogP contribution in [0, 0.1) is 0 Å². The van der Waals surface area contributed by atoms with Crippen molar-refractivity contribution in [3.8, 4) is 5.75 Å².